The molecule has 2 amide bonds. The van der Waals surface area contributed by atoms with Crippen LogP contribution in [0, 0.1) is 6.92 Å². The van der Waals surface area contributed by atoms with Crippen molar-refractivity contribution < 1.29 is 9.59 Å². The fourth-order valence-electron chi connectivity index (χ4n) is 2.74. The summed E-state index contributed by atoms with van der Waals surface area (Å²) in [6.45, 7) is 2.42. The summed E-state index contributed by atoms with van der Waals surface area (Å²) in [5, 5.41) is 2.83. The highest BCUT2D eigenvalue weighted by Crippen LogP contribution is 2.20. The maximum atomic E-state index is 12.6. The molecule has 0 unspecified atom stereocenters. The minimum atomic E-state index is -0.518. The fraction of sp³-hybridized carbons (Fsp3) is 0.294. The van der Waals surface area contributed by atoms with Crippen LogP contribution in [0.1, 0.15) is 28.9 Å². The molecule has 0 spiro atoms. The third-order valence-corrected chi connectivity index (χ3v) is 3.95. The van der Waals surface area contributed by atoms with Crippen molar-refractivity contribution in [2.45, 2.75) is 25.8 Å². The van der Waals surface area contributed by atoms with Gasteiger partial charge in [0, 0.05) is 24.6 Å². The minimum absolute atomic E-state index is 0.0980. The largest absolute Gasteiger partial charge is 0.340 e. The van der Waals surface area contributed by atoms with Gasteiger partial charge in [0.1, 0.15) is 6.04 Å². The van der Waals surface area contributed by atoms with Gasteiger partial charge in [0.15, 0.2) is 0 Å². The van der Waals surface area contributed by atoms with Crippen LogP contribution in [0.2, 0.25) is 0 Å². The molecule has 6 nitrogen and oxygen atoms in total. The summed E-state index contributed by atoms with van der Waals surface area (Å²) in [6, 6.07) is 6.55. The summed E-state index contributed by atoms with van der Waals surface area (Å²) < 4.78 is 0. The first-order valence-corrected chi connectivity index (χ1v) is 7.60. The second kappa shape index (κ2) is 6.56. The van der Waals surface area contributed by atoms with Crippen LogP contribution < -0.4 is 10.2 Å². The number of hydrogen-bond acceptors (Lipinski definition) is 4. The molecule has 1 atom stereocenters. The molecule has 0 bridgehead atoms. The Hall–Kier alpha value is -2.76. The topological polar surface area (TPSA) is 75.2 Å². The molecule has 0 aliphatic carbocycles. The Morgan fingerprint density at radius 2 is 2.13 bits per heavy atom. The SMILES string of the molecule is Cc1ncccc1C(=O)N[C@@H]1CCCN(c2cccnc2)C1=O. The highest BCUT2D eigenvalue weighted by molar-refractivity contribution is 6.03. The third-order valence-electron chi connectivity index (χ3n) is 3.95. The quantitative estimate of drug-likeness (QED) is 0.936. The maximum absolute atomic E-state index is 12.6. The van der Waals surface area contributed by atoms with Crippen molar-refractivity contribution in [3.8, 4) is 0 Å². The predicted molar refractivity (Wildman–Crippen MR) is 86.1 cm³/mol. The molecule has 0 aromatic carbocycles. The predicted octanol–water partition coefficient (Wildman–Crippen LogP) is 1.71. The molecule has 1 fully saturated rings. The highest BCUT2D eigenvalue weighted by Gasteiger charge is 2.31. The lowest BCUT2D eigenvalue weighted by Crippen LogP contribution is -2.52. The van der Waals surface area contributed by atoms with Gasteiger partial charge in [-0.05, 0) is 44.0 Å². The number of hydrogen-bond donors (Lipinski definition) is 1. The number of pyridine rings is 2. The van der Waals surface area contributed by atoms with Crippen LogP contribution in [0.25, 0.3) is 0 Å². The first kappa shape index (κ1) is 15.1. The van der Waals surface area contributed by atoms with Crippen LogP contribution in [0.15, 0.2) is 42.9 Å². The molecule has 0 saturated carbocycles. The summed E-state index contributed by atoms with van der Waals surface area (Å²) in [5.74, 6) is -0.360. The average Bonchev–Trinajstić information content (AvgIpc) is 2.58. The van der Waals surface area contributed by atoms with Crippen molar-refractivity contribution in [1.29, 1.82) is 0 Å². The van der Waals surface area contributed by atoms with Gasteiger partial charge in [0.05, 0.1) is 17.4 Å². The van der Waals surface area contributed by atoms with Crippen LogP contribution in [-0.2, 0) is 4.79 Å². The van der Waals surface area contributed by atoms with E-state index in [-0.39, 0.29) is 11.8 Å². The zero-order valence-corrected chi connectivity index (χ0v) is 12.9. The second-order valence-electron chi connectivity index (χ2n) is 5.51. The number of carbonyl (C=O) groups is 2. The van der Waals surface area contributed by atoms with E-state index in [9.17, 15) is 9.59 Å². The Kier molecular flexibility index (Phi) is 4.32. The van der Waals surface area contributed by atoms with Gasteiger partial charge in [-0.25, -0.2) is 0 Å². The van der Waals surface area contributed by atoms with E-state index in [1.54, 1.807) is 48.6 Å². The molecule has 2 aromatic heterocycles. The molecule has 1 aliphatic rings. The molecule has 1 N–H and O–H groups in total. The fourth-order valence-corrected chi connectivity index (χ4v) is 2.74. The Morgan fingerprint density at radius 1 is 1.30 bits per heavy atom. The van der Waals surface area contributed by atoms with E-state index >= 15 is 0 Å². The molecule has 6 heteroatoms. The average molecular weight is 310 g/mol. The van der Waals surface area contributed by atoms with Gasteiger partial charge in [-0.15, -0.1) is 0 Å². The summed E-state index contributed by atoms with van der Waals surface area (Å²) >= 11 is 0. The van der Waals surface area contributed by atoms with E-state index in [2.05, 4.69) is 15.3 Å². The third kappa shape index (κ3) is 3.21. The monoisotopic (exact) mass is 310 g/mol. The number of anilines is 1. The number of rotatable bonds is 3. The van der Waals surface area contributed by atoms with Crippen molar-refractivity contribution >= 4 is 17.5 Å². The Bertz CT molecular complexity index is 718. The zero-order valence-electron chi connectivity index (χ0n) is 12.9. The van der Waals surface area contributed by atoms with E-state index in [4.69, 9.17) is 0 Å². The summed E-state index contributed by atoms with van der Waals surface area (Å²) in [4.78, 5) is 34.9. The molecule has 1 aliphatic heterocycles. The molecule has 2 aromatic rings. The van der Waals surface area contributed by atoms with Gasteiger partial charge in [-0.1, -0.05) is 0 Å². The van der Waals surface area contributed by atoms with E-state index in [1.807, 2.05) is 6.07 Å². The van der Waals surface area contributed by atoms with Gasteiger partial charge in [0.2, 0.25) is 5.91 Å². The molecule has 1 saturated heterocycles. The van der Waals surface area contributed by atoms with Gasteiger partial charge in [-0.2, -0.15) is 0 Å². The number of aromatic nitrogens is 2. The lowest BCUT2D eigenvalue weighted by molar-refractivity contribution is -0.121. The molecule has 3 heterocycles. The summed E-state index contributed by atoms with van der Waals surface area (Å²) in [5.41, 5.74) is 1.91. The van der Waals surface area contributed by atoms with Crippen molar-refractivity contribution in [3.05, 3.63) is 54.1 Å². The standard InChI is InChI=1S/C17H18N4O2/c1-12-14(6-3-9-19-12)16(22)20-15-7-4-10-21(17(15)23)13-5-2-8-18-11-13/h2-3,5-6,8-9,11,15H,4,7,10H2,1H3,(H,20,22)/t15-/m1/s1. The number of nitrogens with one attached hydrogen (secondary N) is 1. The van der Waals surface area contributed by atoms with Gasteiger partial charge >= 0.3 is 0 Å². The van der Waals surface area contributed by atoms with E-state index in [0.717, 1.165) is 12.1 Å². The molecular weight excluding hydrogens is 292 g/mol. The Labute approximate surface area is 134 Å². The van der Waals surface area contributed by atoms with Gasteiger partial charge < -0.3 is 10.2 Å². The van der Waals surface area contributed by atoms with Crippen LogP contribution >= 0.6 is 0 Å². The van der Waals surface area contributed by atoms with Crippen LogP contribution in [-0.4, -0.2) is 34.4 Å². The first-order chi connectivity index (χ1) is 11.2. The number of amides is 2. The summed E-state index contributed by atoms with van der Waals surface area (Å²) in [6.07, 6.45) is 6.44. The molecule has 0 radical (unpaired) electrons. The van der Waals surface area contributed by atoms with Crippen molar-refractivity contribution in [2.24, 2.45) is 0 Å². The van der Waals surface area contributed by atoms with Crippen molar-refractivity contribution in [1.82, 2.24) is 15.3 Å². The first-order valence-electron chi connectivity index (χ1n) is 7.60. The normalized spacial score (nSPS) is 17.9. The van der Waals surface area contributed by atoms with Gasteiger partial charge in [-0.3, -0.25) is 19.6 Å². The summed E-state index contributed by atoms with van der Waals surface area (Å²) in [7, 11) is 0. The lowest BCUT2D eigenvalue weighted by atomic mass is 10.0. The number of piperidine rings is 1. The van der Waals surface area contributed by atoms with E-state index < -0.39 is 6.04 Å². The van der Waals surface area contributed by atoms with Crippen LogP contribution in [0.4, 0.5) is 5.69 Å². The number of carbonyl (C=O) groups excluding carboxylic acids is 2. The van der Waals surface area contributed by atoms with E-state index in [0.29, 0.717) is 24.2 Å². The number of nitrogens with zero attached hydrogens (tertiary/aromatic N) is 3. The Morgan fingerprint density at radius 3 is 2.87 bits per heavy atom. The molecule has 118 valence electrons. The van der Waals surface area contributed by atoms with Gasteiger partial charge in [0.25, 0.3) is 5.91 Å². The van der Waals surface area contributed by atoms with Crippen LogP contribution in [0.5, 0.6) is 0 Å². The van der Waals surface area contributed by atoms with Crippen molar-refractivity contribution in [3.63, 3.8) is 0 Å². The second-order valence-corrected chi connectivity index (χ2v) is 5.51. The minimum Gasteiger partial charge on any atom is -0.340 e. The zero-order chi connectivity index (χ0) is 16.2. The van der Waals surface area contributed by atoms with E-state index in [1.165, 1.54) is 0 Å². The maximum Gasteiger partial charge on any atom is 0.253 e. The molecule has 3 rings (SSSR count). The van der Waals surface area contributed by atoms with Crippen molar-refractivity contribution in [2.75, 3.05) is 11.4 Å². The number of aryl methyl sites for hydroxylation is 1. The van der Waals surface area contributed by atoms with Crippen LogP contribution in [0.3, 0.4) is 0 Å². The lowest BCUT2D eigenvalue weighted by Gasteiger charge is -2.32. The highest BCUT2D eigenvalue weighted by atomic mass is 16.2. The Balaban J connectivity index is 1.74. The smallest absolute Gasteiger partial charge is 0.253 e. The molecular formula is C17H18N4O2. The molecule has 23 heavy (non-hydrogen) atoms.